The molecule has 0 saturated carbocycles. The third-order valence-corrected chi connectivity index (χ3v) is 1.37. The first-order valence-corrected chi connectivity index (χ1v) is 4.89. The molecule has 4 heteroatoms. The summed E-state index contributed by atoms with van der Waals surface area (Å²) in [5.74, 6) is 0.454. The third kappa shape index (κ3) is 10.2. The average molecular weight is 194 g/mol. The lowest BCUT2D eigenvalue weighted by Crippen LogP contribution is -2.09. The number of ether oxygens (including phenoxy) is 3. The maximum absolute atomic E-state index is 5.21. The van der Waals surface area contributed by atoms with E-state index in [1.54, 1.807) is 0 Å². The summed E-state index contributed by atoms with van der Waals surface area (Å²) >= 11 is 3.89. The van der Waals surface area contributed by atoms with E-state index in [0.29, 0.717) is 32.4 Å². The van der Waals surface area contributed by atoms with Crippen LogP contribution in [0.1, 0.15) is 13.3 Å². The van der Waals surface area contributed by atoms with Crippen molar-refractivity contribution >= 4 is 12.6 Å². The lowest BCUT2D eigenvalue weighted by Gasteiger charge is -2.04. The molecule has 0 fully saturated rings. The highest BCUT2D eigenvalue weighted by Crippen LogP contribution is 1.83. The molecule has 0 spiro atoms. The molecule has 0 N–H and O–H groups in total. The topological polar surface area (TPSA) is 27.7 Å². The maximum atomic E-state index is 5.21. The summed E-state index contributed by atoms with van der Waals surface area (Å²) in [6, 6.07) is 0. The van der Waals surface area contributed by atoms with E-state index in [-0.39, 0.29) is 0 Å². The fourth-order valence-electron chi connectivity index (χ4n) is 0.649. The van der Waals surface area contributed by atoms with E-state index in [9.17, 15) is 0 Å². The van der Waals surface area contributed by atoms with Crippen LogP contribution in [0.4, 0.5) is 0 Å². The van der Waals surface area contributed by atoms with Crippen molar-refractivity contribution in [2.75, 3.05) is 39.0 Å². The zero-order valence-electron chi connectivity index (χ0n) is 7.62. The molecule has 0 heterocycles. The summed E-state index contributed by atoms with van der Waals surface area (Å²) in [5, 5.41) is 0. The van der Waals surface area contributed by atoms with Crippen molar-refractivity contribution in [2.45, 2.75) is 13.3 Å². The smallest absolute Gasteiger partial charge is 0.0893 e. The van der Waals surface area contributed by atoms with Crippen LogP contribution in [0.15, 0.2) is 0 Å². The van der Waals surface area contributed by atoms with Crippen LogP contribution in [0.2, 0.25) is 0 Å². The highest BCUT2D eigenvalue weighted by atomic mass is 32.1. The third-order valence-electron chi connectivity index (χ3n) is 1.18. The van der Waals surface area contributed by atoms with Gasteiger partial charge in [-0.1, -0.05) is 6.92 Å². The van der Waals surface area contributed by atoms with Gasteiger partial charge < -0.3 is 14.2 Å². The number of hydrogen-bond donors (Lipinski definition) is 1. The second-order valence-corrected chi connectivity index (χ2v) is 2.52. The second kappa shape index (κ2) is 11.2. The van der Waals surface area contributed by atoms with Gasteiger partial charge in [0.1, 0.15) is 0 Å². The Morgan fingerprint density at radius 3 is 1.83 bits per heavy atom. The molecule has 0 unspecified atom stereocenters. The number of hydrogen-bond acceptors (Lipinski definition) is 4. The van der Waals surface area contributed by atoms with E-state index in [2.05, 4.69) is 19.6 Å². The summed E-state index contributed by atoms with van der Waals surface area (Å²) in [7, 11) is 0. The first-order chi connectivity index (χ1) is 5.91. The molecule has 74 valence electrons. The molecular weight excluding hydrogens is 176 g/mol. The van der Waals surface area contributed by atoms with Crippen LogP contribution in [0.5, 0.6) is 0 Å². The Morgan fingerprint density at radius 1 is 0.833 bits per heavy atom. The molecule has 0 aromatic carbocycles. The van der Waals surface area contributed by atoms with E-state index in [1.807, 2.05) is 0 Å². The molecule has 0 aromatic heterocycles. The van der Waals surface area contributed by atoms with Crippen LogP contribution in [0.25, 0.3) is 0 Å². The number of rotatable bonds is 9. The van der Waals surface area contributed by atoms with Gasteiger partial charge >= 0.3 is 0 Å². The lowest BCUT2D eigenvalue weighted by molar-refractivity contribution is 0.0230. The summed E-state index contributed by atoms with van der Waals surface area (Å²) in [6.07, 6.45) is 1.06. The molecule has 0 bridgehead atoms. The minimum Gasteiger partial charge on any atom is -0.379 e. The minimum atomic E-state index is 0.454. The van der Waals surface area contributed by atoms with E-state index in [0.717, 1.165) is 13.0 Å². The minimum absolute atomic E-state index is 0.454. The van der Waals surface area contributed by atoms with Crippen molar-refractivity contribution in [3.05, 3.63) is 0 Å². The molecule has 0 aliphatic carbocycles. The van der Waals surface area contributed by atoms with Gasteiger partial charge in [0.2, 0.25) is 0 Å². The van der Waals surface area contributed by atoms with Crippen molar-refractivity contribution < 1.29 is 14.2 Å². The van der Waals surface area contributed by atoms with Gasteiger partial charge in [0.15, 0.2) is 0 Å². The first kappa shape index (κ1) is 12.2. The summed E-state index contributed by atoms with van der Waals surface area (Å²) < 4.78 is 15.4. The zero-order chi connectivity index (χ0) is 9.07. The monoisotopic (exact) mass is 194 g/mol. The van der Waals surface area contributed by atoms with E-state index >= 15 is 0 Å². The predicted octanol–water partition coefficient (Wildman–Crippen LogP) is 1.33. The van der Waals surface area contributed by atoms with Crippen molar-refractivity contribution in [1.82, 2.24) is 0 Å². The molecule has 0 rings (SSSR count). The van der Waals surface area contributed by atoms with Gasteiger partial charge in [-0.25, -0.2) is 0 Å². The predicted molar refractivity (Wildman–Crippen MR) is 51.7 cm³/mol. The fraction of sp³-hybridized carbons (Fsp3) is 1.00. The van der Waals surface area contributed by atoms with Crippen LogP contribution in [-0.2, 0) is 14.2 Å². The van der Waals surface area contributed by atoms with Gasteiger partial charge in [-0.05, 0) is 6.42 Å². The lowest BCUT2D eigenvalue weighted by atomic mass is 10.5. The zero-order valence-corrected chi connectivity index (χ0v) is 8.52. The van der Waals surface area contributed by atoms with Crippen molar-refractivity contribution in [3.63, 3.8) is 0 Å². The molecule has 0 aliphatic rings. The van der Waals surface area contributed by atoms with Gasteiger partial charge in [-0.15, -0.1) is 0 Å². The Labute approximate surface area is 79.8 Å². The molecule has 12 heavy (non-hydrogen) atoms. The molecular formula is C8H18O3S. The van der Waals surface area contributed by atoms with Gasteiger partial charge in [-0.3, -0.25) is 0 Å². The van der Waals surface area contributed by atoms with Crippen molar-refractivity contribution in [3.8, 4) is 0 Å². The standard InChI is InChI=1S/C8H18O3S/c1-2-3-9-4-5-10-6-7-11-8-12/h12H,2-8H2,1H3. The summed E-state index contributed by atoms with van der Waals surface area (Å²) in [6.45, 7) is 5.45. The van der Waals surface area contributed by atoms with Gasteiger partial charge in [0.25, 0.3) is 0 Å². The van der Waals surface area contributed by atoms with Crippen molar-refractivity contribution in [1.29, 1.82) is 0 Å². The molecule has 0 atom stereocenters. The largest absolute Gasteiger partial charge is 0.379 e. The van der Waals surface area contributed by atoms with E-state index in [1.165, 1.54) is 0 Å². The van der Waals surface area contributed by atoms with Crippen LogP contribution < -0.4 is 0 Å². The second-order valence-electron chi connectivity index (χ2n) is 2.26. The molecule has 0 radical (unpaired) electrons. The summed E-state index contributed by atoms with van der Waals surface area (Å²) in [4.78, 5) is 0. The molecule has 0 amide bonds. The maximum Gasteiger partial charge on any atom is 0.0893 e. The molecule has 0 saturated heterocycles. The SMILES string of the molecule is CCCOCCOCCOCS. The highest BCUT2D eigenvalue weighted by molar-refractivity contribution is 7.80. The normalized spacial score (nSPS) is 10.5. The number of thiol groups is 1. The Bertz CT molecular complexity index is 70.7. The van der Waals surface area contributed by atoms with Crippen LogP contribution in [0, 0.1) is 0 Å². The molecule has 0 aromatic rings. The Hall–Kier alpha value is 0.230. The summed E-state index contributed by atoms with van der Waals surface area (Å²) in [5.41, 5.74) is 0. The van der Waals surface area contributed by atoms with Crippen LogP contribution >= 0.6 is 12.6 Å². The van der Waals surface area contributed by atoms with Crippen molar-refractivity contribution in [2.24, 2.45) is 0 Å². The van der Waals surface area contributed by atoms with E-state index in [4.69, 9.17) is 14.2 Å². The quantitative estimate of drug-likeness (QED) is 0.341. The van der Waals surface area contributed by atoms with E-state index < -0.39 is 0 Å². The van der Waals surface area contributed by atoms with Crippen LogP contribution in [-0.4, -0.2) is 39.0 Å². The fourth-order valence-corrected chi connectivity index (χ4v) is 0.778. The first-order valence-electron chi connectivity index (χ1n) is 4.26. The highest BCUT2D eigenvalue weighted by Gasteiger charge is 1.88. The Morgan fingerprint density at radius 2 is 1.33 bits per heavy atom. The molecule has 3 nitrogen and oxygen atoms in total. The van der Waals surface area contributed by atoms with Gasteiger partial charge in [0, 0.05) is 6.61 Å². The Balaban J connectivity index is 2.73. The van der Waals surface area contributed by atoms with Gasteiger partial charge in [0.05, 0.1) is 32.4 Å². The van der Waals surface area contributed by atoms with Gasteiger partial charge in [-0.2, -0.15) is 12.6 Å². The molecule has 0 aliphatic heterocycles. The van der Waals surface area contributed by atoms with Crippen LogP contribution in [0.3, 0.4) is 0 Å². The average Bonchev–Trinajstić information content (AvgIpc) is 2.10. The Kier molecular flexibility index (Phi) is 11.4.